The Kier molecular flexibility index (Phi) is 4.66. The number of fused-ring (bicyclic) bond motifs is 2. The fourth-order valence-corrected chi connectivity index (χ4v) is 3.93. The summed E-state index contributed by atoms with van der Waals surface area (Å²) in [4.78, 5) is 21.0. The molecule has 0 radical (unpaired) electrons. The van der Waals surface area contributed by atoms with Crippen molar-refractivity contribution in [1.29, 1.82) is 0 Å². The van der Waals surface area contributed by atoms with Gasteiger partial charge in [-0.3, -0.25) is 9.78 Å². The average molecular weight is 429 g/mol. The number of aromatic nitrogens is 6. The molecule has 8 nitrogen and oxygen atoms in total. The Morgan fingerprint density at radius 2 is 1.94 bits per heavy atom. The molecular formula is C23H20FN7O. The second-order valence-corrected chi connectivity index (χ2v) is 7.48. The first-order chi connectivity index (χ1) is 15.5. The highest BCUT2D eigenvalue weighted by Crippen LogP contribution is 2.35. The van der Waals surface area contributed by atoms with Crippen LogP contribution in [-0.4, -0.2) is 42.3 Å². The van der Waals surface area contributed by atoms with Gasteiger partial charge < -0.3 is 14.5 Å². The maximum Gasteiger partial charge on any atom is 0.252 e. The van der Waals surface area contributed by atoms with Crippen molar-refractivity contribution < 1.29 is 9.18 Å². The van der Waals surface area contributed by atoms with E-state index in [1.807, 2.05) is 29.3 Å². The Morgan fingerprint density at radius 1 is 1.09 bits per heavy atom. The molecule has 0 saturated carbocycles. The van der Waals surface area contributed by atoms with Gasteiger partial charge in [0.25, 0.3) is 5.91 Å². The summed E-state index contributed by atoms with van der Waals surface area (Å²) >= 11 is 0. The van der Waals surface area contributed by atoms with E-state index < -0.39 is 0 Å². The van der Waals surface area contributed by atoms with Crippen LogP contribution in [0.15, 0.2) is 49.2 Å². The predicted molar refractivity (Wildman–Crippen MR) is 119 cm³/mol. The van der Waals surface area contributed by atoms with Gasteiger partial charge in [-0.05, 0) is 30.7 Å². The second kappa shape index (κ2) is 7.52. The molecule has 160 valence electrons. The predicted octanol–water partition coefficient (Wildman–Crippen LogP) is 3.57. The minimum absolute atomic E-state index is 0.226. The number of carbonyl (C=O) groups excluding carboxylic acids is 1. The molecule has 0 aliphatic rings. The van der Waals surface area contributed by atoms with E-state index in [9.17, 15) is 9.18 Å². The zero-order chi connectivity index (χ0) is 22.4. The number of pyridine rings is 1. The molecule has 9 heteroatoms. The van der Waals surface area contributed by atoms with Gasteiger partial charge in [0, 0.05) is 49.7 Å². The summed E-state index contributed by atoms with van der Waals surface area (Å²) in [5.41, 5.74) is 5.80. The lowest BCUT2D eigenvalue weighted by molar-refractivity contribution is 0.0963. The third-order valence-corrected chi connectivity index (χ3v) is 5.63. The molecule has 0 aliphatic carbocycles. The third kappa shape index (κ3) is 3.01. The van der Waals surface area contributed by atoms with Crippen LogP contribution in [0.2, 0.25) is 0 Å². The molecule has 0 atom stereocenters. The minimum atomic E-state index is -0.365. The molecule has 0 aliphatic heterocycles. The fourth-order valence-electron chi connectivity index (χ4n) is 3.93. The number of hydrogen-bond donors (Lipinski definition) is 1. The first kappa shape index (κ1) is 19.8. The molecule has 1 aromatic carbocycles. The first-order valence-corrected chi connectivity index (χ1v) is 10.2. The summed E-state index contributed by atoms with van der Waals surface area (Å²) in [6.07, 6.45) is 6.69. The smallest absolute Gasteiger partial charge is 0.252 e. The molecule has 4 aromatic heterocycles. The Bertz CT molecular complexity index is 1500. The molecule has 0 fully saturated rings. The van der Waals surface area contributed by atoms with Gasteiger partial charge >= 0.3 is 0 Å². The van der Waals surface area contributed by atoms with E-state index in [-0.39, 0.29) is 11.7 Å². The lowest BCUT2D eigenvalue weighted by atomic mass is 10.00. The van der Waals surface area contributed by atoms with Crippen LogP contribution in [0.5, 0.6) is 0 Å². The maximum atomic E-state index is 15.0. The Morgan fingerprint density at radius 3 is 2.72 bits per heavy atom. The molecule has 1 N–H and O–H groups in total. The van der Waals surface area contributed by atoms with E-state index in [0.29, 0.717) is 33.4 Å². The van der Waals surface area contributed by atoms with Crippen molar-refractivity contribution in [2.24, 2.45) is 7.05 Å². The van der Waals surface area contributed by atoms with Crippen LogP contribution in [0.1, 0.15) is 17.3 Å². The van der Waals surface area contributed by atoms with Crippen molar-refractivity contribution in [3.05, 3.63) is 60.6 Å². The molecule has 32 heavy (non-hydrogen) atoms. The van der Waals surface area contributed by atoms with Gasteiger partial charge in [0.15, 0.2) is 5.65 Å². The third-order valence-electron chi connectivity index (χ3n) is 5.63. The van der Waals surface area contributed by atoms with Crippen molar-refractivity contribution in [2.75, 3.05) is 7.05 Å². The molecule has 0 saturated heterocycles. The Hall–Kier alpha value is -4.14. The number of nitrogens with zero attached hydrogens (tertiary/aromatic N) is 6. The number of rotatable bonds is 4. The summed E-state index contributed by atoms with van der Waals surface area (Å²) < 4.78 is 18.7. The van der Waals surface area contributed by atoms with Crippen LogP contribution in [0.3, 0.4) is 0 Å². The zero-order valence-corrected chi connectivity index (χ0v) is 17.8. The summed E-state index contributed by atoms with van der Waals surface area (Å²) in [5, 5.41) is 10.9. The Balaban J connectivity index is 1.68. The lowest BCUT2D eigenvalue weighted by Gasteiger charge is -2.07. The van der Waals surface area contributed by atoms with E-state index in [0.717, 1.165) is 23.2 Å². The van der Waals surface area contributed by atoms with Gasteiger partial charge in [0.2, 0.25) is 0 Å². The molecule has 5 rings (SSSR count). The number of nitrogens with one attached hydrogen (secondary N) is 1. The summed E-state index contributed by atoms with van der Waals surface area (Å²) in [6, 6.07) is 6.67. The SMILES string of the molecule is CCn1cnc2c(-c3ccc(F)c(-c4cn(C)c5cc(C(=O)NC)cnc45)c3)cnnc21. The second-order valence-electron chi connectivity index (χ2n) is 7.48. The number of benzene rings is 1. The number of carbonyl (C=O) groups is 1. The van der Waals surface area contributed by atoms with Gasteiger partial charge in [0.05, 0.1) is 29.1 Å². The van der Waals surface area contributed by atoms with Crippen LogP contribution >= 0.6 is 0 Å². The number of halogens is 1. The molecule has 0 bridgehead atoms. The molecule has 5 aromatic rings. The lowest BCUT2D eigenvalue weighted by Crippen LogP contribution is -2.17. The summed E-state index contributed by atoms with van der Waals surface area (Å²) in [5.74, 6) is -0.591. The van der Waals surface area contributed by atoms with Gasteiger partial charge in [0.1, 0.15) is 11.3 Å². The maximum absolute atomic E-state index is 15.0. The van der Waals surface area contributed by atoms with Gasteiger partial charge in [-0.15, -0.1) is 5.10 Å². The van der Waals surface area contributed by atoms with Crippen molar-refractivity contribution in [2.45, 2.75) is 13.5 Å². The van der Waals surface area contributed by atoms with Crippen molar-refractivity contribution in [3.63, 3.8) is 0 Å². The van der Waals surface area contributed by atoms with Crippen LogP contribution in [0.4, 0.5) is 4.39 Å². The highest BCUT2D eigenvalue weighted by Gasteiger charge is 2.18. The monoisotopic (exact) mass is 429 g/mol. The molecule has 0 spiro atoms. The number of hydrogen-bond acceptors (Lipinski definition) is 5. The van der Waals surface area contributed by atoms with Crippen LogP contribution in [0, 0.1) is 5.82 Å². The number of amides is 1. The fraction of sp³-hybridized carbons (Fsp3) is 0.174. The quantitative estimate of drug-likeness (QED) is 0.472. The van der Waals surface area contributed by atoms with Gasteiger partial charge in [-0.2, -0.15) is 5.10 Å². The van der Waals surface area contributed by atoms with Gasteiger partial charge in [-0.1, -0.05) is 6.07 Å². The average Bonchev–Trinajstić information content (AvgIpc) is 3.39. The van der Waals surface area contributed by atoms with E-state index >= 15 is 0 Å². The van der Waals surface area contributed by atoms with Crippen molar-refractivity contribution in [3.8, 4) is 22.3 Å². The normalized spacial score (nSPS) is 11.4. The van der Waals surface area contributed by atoms with Gasteiger partial charge in [-0.25, -0.2) is 9.37 Å². The van der Waals surface area contributed by atoms with Crippen molar-refractivity contribution >= 4 is 28.1 Å². The highest BCUT2D eigenvalue weighted by atomic mass is 19.1. The van der Waals surface area contributed by atoms with E-state index in [1.54, 1.807) is 37.8 Å². The van der Waals surface area contributed by atoms with E-state index in [4.69, 9.17) is 0 Å². The molecular weight excluding hydrogens is 409 g/mol. The number of imidazole rings is 1. The topological polar surface area (TPSA) is 90.5 Å². The summed E-state index contributed by atoms with van der Waals surface area (Å²) in [6.45, 7) is 2.73. The van der Waals surface area contributed by atoms with Crippen LogP contribution in [-0.2, 0) is 13.6 Å². The molecule has 0 unspecified atom stereocenters. The number of aryl methyl sites for hydroxylation is 2. The Labute approximate surface area is 182 Å². The van der Waals surface area contributed by atoms with E-state index in [2.05, 4.69) is 25.5 Å². The first-order valence-electron chi connectivity index (χ1n) is 10.2. The van der Waals surface area contributed by atoms with E-state index in [1.165, 1.54) is 12.3 Å². The standard InChI is InChI=1S/C23H20FN7O/c1-4-31-12-27-21-16(10-28-29-22(21)31)13-5-6-18(24)15(7-13)17-11-30(3)19-8-14(23(32)25-2)9-26-20(17)19/h5-12H,4H2,1-3H3,(H,25,32). The molecule has 1 amide bonds. The zero-order valence-electron chi connectivity index (χ0n) is 17.8. The summed E-state index contributed by atoms with van der Waals surface area (Å²) in [7, 11) is 3.41. The van der Waals surface area contributed by atoms with Crippen LogP contribution in [0.25, 0.3) is 44.5 Å². The largest absolute Gasteiger partial charge is 0.355 e. The minimum Gasteiger partial charge on any atom is -0.355 e. The highest BCUT2D eigenvalue weighted by molar-refractivity contribution is 6.00. The van der Waals surface area contributed by atoms with Crippen molar-refractivity contribution in [1.82, 2.24) is 34.6 Å². The molecule has 4 heterocycles. The van der Waals surface area contributed by atoms with Crippen LogP contribution < -0.4 is 5.32 Å².